The Morgan fingerprint density at radius 1 is 1.27 bits per heavy atom. The molecule has 15 heavy (non-hydrogen) atoms. The van der Waals surface area contributed by atoms with Crippen LogP contribution in [-0.4, -0.2) is 21.9 Å². The van der Waals surface area contributed by atoms with E-state index in [1.807, 2.05) is 6.92 Å². The van der Waals surface area contributed by atoms with Crippen molar-refractivity contribution < 1.29 is 15.3 Å². The fourth-order valence-corrected chi connectivity index (χ4v) is 1.16. The lowest BCUT2D eigenvalue weighted by Gasteiger charge is -2.08. The van der Waals surface area contributed by atoms with E-state index in [1.165, 1.54) is 6.07 Å². The average molecular weight is 209 g/mol. The molecule has 0 bridgehead atoms. The molecule has 0 aliphatic heterocycles. The predicted molar refractivity (Wildman–Crippen MR) is 58.0 cm³/mol. The minimum atomic E-state index is -0.482. The molecule has 0 unspecified atom stereocenters. The minimum Gasteiger partial charge on any atom is -0.504 e. The van der Waals surface area contributed by atoms with Gasteiger partial charge < -0.3 is 20.6 Å². The molecule has 1 aromatic carbocycles. The Morgan fingerprint density at radius 3 is 2.53 bits per heavy atom. The van der Waals surface area contributed by atoms with Crippen molar-refractivity contribution >= 4 is 0 Å². The molecule has 0 saturated carbocycles. The molecule has 1 rings (SSSR count). The van der Waals surface area contributed by atoms with Crippen LogP contribution in [-0.2, 0) is 6.54 Å². The van der Waals surface area contributed by atoms with Crippen molar-refractivity contribution in [2.75, 3.05) is 6.54 Å². The van der Waals surface area contributed by atoms with Crippen LogP contribution < -0.4 is 5.32 Å². The quantitative estimate of drug-likeness (QED) is 0.447. The topological polar surface area (TPSA) is 72.7 Å². The molecule has 0 fully saturated rings. The summed E-state index contributed by atoms with van der Waals surface area (Å²) in [5.41, 5.74) is 1.52. The first-order valence-electron chi connectivity index (χ1n) is 4.60. The van der Waals surface area contributed by atoms with E-state index in [1.54, 1.807) is 6.07 Å². The highest BCUT2D eigenvalue weighted by Crippen LogP contribution is 2.36. The van der Waals surface area contributed by atoms with Gasteiger partial charge in [0.1, 0.15) is 0 Å². The molecule has 4 heteroatoms. The maximum atomic E-state index is 9.47. The number of hydrogen-bond acceptors (Lipinski definition) is 4. The Kier molecular flexibility index (Phi) is 3.57. The SMILES string of the molecule is C=C(C)CNCc1ccc(O)c(O)c1O. The normalized spacial score (nSPS) is 10.2. The smallest absolute Gasteiger partial charge is 0.200 e. The minimum absolute atomic E-state index is 0.288. The number of phenols is 3. The molecule has 0 heterocycles. The Bertz CT molecular complexity index is 374. The van der Waals surface area contributed by atoms with Crippen LogP contribution in [0.4, 0.5) is 0 Å². The van der Waals surface area contributed by atoms with Gasteiger partial charge in [-0.2, -0.15) is 0 Å². The summed E-state index contributed by atoms with van der Waals surface area (Å²) >= 11 is 0. The maximum Gasteiger partial charge on any atom is 0.200 e. The molecule has 82 valence electrons. The lowest BCUT2D eigenvalue weighted by atomic mass is 10.1. The third-order valence-electron chi connectivity index (χ3n) is 1.96. The Labute approximate surface area is 88.5 Å². The molecule has 1 aromatic rings. The summed E-state index contributed by atoms with van der Waals surface area (Å²) < 4.78 is 0. The lowest BCUT2D eigenvalue weighted by Crippen LogP contribution is -2.15. The van der Waals surface area contributed by atoms with Crippen molar-refractivity contribution in [1.82, 2.24) is 5.32 Å². The summed E-state index contributed by atoms with van der Waals surface area (Å²) in [5.74, 6) is -1.09. The standard InChI is InChI=1S/C11H15NO3/c1-7(2)5-12-6-8-3-4-9(13)11(15)10(8)14/h3-4,12-15H,1,5-6H2,2H3. The second-order valence-electron chi connectivity index (χ2n) is 3.50. The van der Waals surface area contributed by atoms with Gasteiger partial charge in [-0.3, -0.25) is 0 Å². The Balaban J connectivity index is 2.70. The first kappa shape index (κ1) is 11.4. The van der Waals surface area contributed by atoms with Gasteiger partial charge in [0.05, 0.1) is 0 Å². The number of rotatable bonds is 4. The summed E-state index contributed by atoms with van der Waals surface area (Å²) in [6.45, 7) is 6.67. The maximum absolute atomic E-state index is 9.47. The van der Waals surface area contributed by atoms with Gasteiger partial charge in [-0.15, -0.1) is 0 Å². The zero-order chi connectivity index (χ0) is 11.4. The van der Waals surface area contributed by atoms with E-state index in [-0.39, 0.29) is 11.5 Å². The van der Waals surface area contributed by atoms with Gasteiger partial charge in [0, 0.05) is 18.7 Å². The number of phenolic OH excluding ortho intramolecular Hbond substituents is 3. The van der Waals surface area contributed by atoms with Crippen LogP contribution in [0.1, 0.15) is 12.5 Å². The highest BCUT2D eigenvalue weighted by molar-refractivity contribution is 5.52. The van der Waals surface area contributed by atoms with Crippen molar-refractivity contribution in [2.45, 2.75) is 13.5 Å². The summed E-state index contributed by atoms with van der Waals surface area (Å²) in [5, 5.41) is 30.9. The van der Waals surface area contributed by atoms with Crippen molar-refractivity contribution in [3.8, 4) is 17.2 Å². The van der Waals surface area contributed by atoms with Gasteiger partial charge in [0.15, 0.2) is 11.5 Å². The van der Waals surface area contributed by atoms with Crippen LogP contribution >= 0.6 is 0 Å². The van der Waals surface area contributed by atoms with Gasteiger partial charge in [-0.25, -0.2) is 0 Å². The highest BCUT2D eigenvalue weighted by Gasteiger charge is 2.09. The van der Waals surface area contributed by atoms with E-state index in [9.17, 15) is 10.2 Å². The van der Waals surface area contributed by atoms with E-state index >= 15 is 0 Å². The van der Waals surface area contributed by atoms with Crippen molar-refractivity contribution in [2.24, 2.45) is 0 Å². The van der Waals surface area contributed by atoms with E-state index in [2.05, 4.69) is 11.9 Å². The molecular weight excluding hydrogens is 194 g/mol. The zero-order valence-corrected chi connectivity index (χ0v) is 8.62. The monoisotopic (exact) mass is 209 g/mol. The van der Waals surface area contributed by atoms with Gasteiger partial charge in [0.25, 0.3) is 0 Å². The van der Waals surface area contributed by atoms with Crippen LogP contribution in [0.25, 0.3) is 0 Å². The average Bonchev–Trinajstić information content (AvgIpc) is 2.18. The Hall–Kier alpha value is -1.68. The highest BCUT2D eigenvalue weighted by atomic mass is 16.3. The van der Waals surface area contributed by atoms with E-state index in [4.69, 9.17) is 5.11 Å². The fraction of sp³-hybridized carbons (Fsp3) is 0.273. The van der Waals surface area contributed by atoms with Gasteiger partial charge in [-0.05, 0) is 13.0 Å². The molecular formula is C11H15NO3. The lowest BCUT2D eigenvalue weighted by molar-refractivity contribution is 0.364. The molecule has 0 saturated heterocycles. The molecule has 0 aromatic heterocycles. The molecule has 0 radical (unpaired) electrons. The first-order valence-corrected chi connectivity index (χ1v) is 4.60. The molecule has 0 spiro atoms. The third-order valence-corrected chi connectivity index (χ3v) is 1.96. The molecule has 0 aliphatic rings. The summed E-state index contributed by atoms with van der Waals surface area (Å²) in [7, 11) is 0. The van der Waals surface area contributed by atoms with E-state index in [0.717, 1.165) is 5.57 Å². The number of aromatic hydroxyl groups is 3. The zero-order valence-electron chi connectivity index (χ0n) is 8.62. The summed E-state index contributed by atoms with van der Waals surface area (Å²) in [6, 6.07) is 2.89. The van der Waals surface area contributed by atoms with E-state index < -0.39 is 5.75 Å². The number of nitrogens with one attached hydrogen (secondary N) is 1. The van der Waals surface area contributed by atoms with Gasteiger partial charge >= 0.3 is 0 Å². The fourth-order valence-electron chi connectivity index (χ4n) is 1.16. The molecule has 4 N–H and O–H groups in total. The summed E-state index contributed by atoms with van der Waals surface area (Å²) in [6.07, 6.45) is 0. The predicted octanol–water partition coefficient (Wildman–Crippen LogP) is 1.47. The van der Waals surface area contributed by atoms with Crippen molar-refractivity contribution in [3.05, 3.63) is 29.8 Å². The summed E-state index contributed by atoms with van der Waals surface area (Å²) in [4.78, 5) is 0. The van der Waals surface area contributed by atoms with Crippen molar-refractivity contribution in [1.29, 1.82) is 0 Å². The van der Waals surface area contributed by atoms with Crippen LogP contribution in [0, 0.1) is 0 Å². The molecule has 0 amide bonds. The third kappa shape index (κ3) is 2.89. The molecule has 4 nitrogen and oxygen atoms in total. The molecule has 0 atom stereocenters. The van der Waals surface area contributed by atoms with Crippen molar-refractivity contribution in [3.63, 3.8) is 0 Å². The second-order valence-corrected chi connectivity index (χ2v) is 3.50. The van der Waals surface area contributed by atoms with Crippen LogP contribution in [0.5, 0.6) is 17.2 Å². The van der Waals surface area contributed by atoms with Crippen LogP contribution in [0.2, 0.25) is 0 Å². The van der Waals surface area contributed by atoms with Crippen LogP contribution in [0.15, 0.2) is 24.3 Å². The van der Waals surface area contributed by atoms with E-state index in [0.29, 0.717) is 18.7 Å². The van der Waals surface area contributed by atoms with Gasteiger partial charge in [-0.1, -0.05) is 18.2 Å². The van der Waals surface area contributed by atoms with Crippen LogP contribution in [0.3, 0.4) is 0 Å². The Morgan fingerprint density at radius 2 is 1.93 bits per heavy atom. The largest absolute Gasteiger partial charge is 0.504 e. The second kappa shape index (κ2) is 4.70. The number of hydrogen-bond donors (Lipinski definition) is 4. The number of benzene rings is 1. The van der Waals surface area contributed by atoms with Gasteiger partial charge in [0.2, 0.25) is 5.75 Å². The first-order chi connectivity index (χ1) is 7.02. The molecule has 0 aliphatic carbocycles.